The normalized spacial score (nSPS) is 17.8. The second kappa shape index (κ2) is 2.15. The Morgan fingerprint density at radius 1 is 1.88 bits per heavy atom. The van der Waals surface area contributed by atoms with E-state index in [1.807, 2.05) is 0 Å². The molecule has 5 heteroatoms. The van der Waals surface area contributed by atoms with Crippen LogP contribution in [0.1, 0.15) is 0 Å². The van der Waals surface area contributed by atoms with E-state index in [2.05, 4.69) is 26.6 Å². The average molecular weight is 177 g/mol. The van der Waals surface area contributed by atoms with Gasteiger partial charge in [-0.3, -0.25) is 0 Å². The van der Waals surface area contributed by atoms with Crippen LogP contribution in [0.5, 0.6) is 0 Å². The number of hydrogen-bond acceptors (Lipinski definition) is 4. The quantitative estimate of drug-likeness (QED) is 0.401. The van der Waals surface area contributed by atoms with E-state index in [0.29, 0.717) is 0 Å². The monoisotopic (exact) mass is 176 g/mol. The highest BCUT2D eigenvalue weighted by Crippen LogP contribution is 2.05. The fraction of sp³-hybridized carbons (Fsp3) is 0. The molecule has 8 heavy (non-hydrogen) atoms. The molecule has 1 aliphatic rings. The summed E-state index contributed by atoms with van der Waals surface area (Å²) in [7, 11) is 0. The molecule has 4 nitrogen and oxygen atoms in total. The summed E-state index contributed by atoms with van der Waals surface area (Å²) in [5, 5.41) is 4.89. The molecule has 0 saturated heterocycles. The van der Waals surface area contributed by atoms with Crippen molar-refractivity contribution in [3.63, 3.8) is 0 Å². The second-order valence-corrected chi connectivity index (χ2v) is 2.05. The summed E-state index contributed by atoms with van der Waals surface area (Å²) in [4.78, 5) is 0. The highest BCUT2D eigenvalue weighted by molar-refractivity contribution is 9.11. The van der Waals surface area contributed by atoms with Gasteiger partial charge in [0.2, 0.25) is 0 Å². The van der Waals surface area contributed by atoms with Crippen LogP contribution in [0.15, 0.2) is 15.8 Å². The van der Waals surface area contributed by atoms with Gasteiger partial charge in [0.15, 0.2) is 0 Å². The van der Waals surface area contributed by atoms with Gasteiger partial charge in [0.05, 0.1) is 6.21 Å². The first-order chi connectivity index (χ1) is 3.80. The summed E-state index contributed by atoms with van der Waals surface area (Å²) in [6, 6.07) is 0. The van der Waals surface area contributed by atoms with E-state index in [-0.39, 0.29) is 0 Å². The van der Waals surface area contributed by atoms with E-state index in [1.54, 1.807) is 12.3 Å². The molecule has 0 bridgehead atoms. The van der Waals surface area contributed by atoms with E-state index in [9.17, 15) is 0 Å². The SMILES string of the molecule is NN1NN=CC=C1Br. The predicted octanol–water partition coefficient (Wildman–Crippen LogP) is -0.0976. The van der Waals surface area contributed by atoms with Crippen molar-refractivity contribution in [2.45, 2.75) is 0 Å². The highest BCUT2D eigenvalue weighted by Gasteiger charge is 1.99. The van der Waals surface area contributed by atoms with Crippen molar-refractivity contribution in [3.05, 3.63) is 10.7 Å². The lowest BCUT2D eigenvalue weighted by molar-refractivity contribution is 0.278. The second-order valence-electron chi connectivity index (χ2n) is 1.24. The summed E-state index contributed by atoms with van der Waals surface area (Å²) in [5.41, 5.74) is 2.50. The summed E-state index contributed by atoms with van der Waals surface area (Å²) >= 11 is 3.16. The van der Waals surface area contributed by atoms with Gasteiger partial charge in [-0.1, -0.05) is 0 Å². The van der Waals surface area contributed by atoms with Crippen molar-refractivity contribution in [2.24, 2.45) is 10.9 Å². The van der Waals surface area contributed by atoms with Crippen LogP contribution in [0.3, 0.4) is 0 Å². The minimum absolute atomic E-state index is 0.757. The Bertz CT molecular complexity index is 140. The van der Waals surface area contributed by atoms with Crippen molar-refractivity contribution in [3.8, 4) is 0 Å². The summed E-state index contributed by atoms with van der Waals surface area (Å²) in [6.45, 7) is 0. The lowest BCUT2D eigenvalue weighted by Crippen LogP contribution is -2.39. The van der Waals surface area contributed by atoms with E-state index in [1.165, 1.54) is 5.12 Å². The third-order valence-electron chi connectivity index (χ3n) is 0.682. The van der Waals surface area contributed by atoms with Crippen LogP contribution in [0, 0.1) is 0 Å². The smallest absolute Gasteiger partial charge is 0.121 e. The van der Waals surface area contributed by atoms with Crippen LogP contribution in [0.4, 0.5) is 0 Å². The van der Waals surface area contributed by atoms with Gasteiger partial charge < -0.3 is 0 Å². The zero-order valence-electron chi connectivity index (χ0n) is 4.00. The molecule has 0 aromatic heterocycles. The van der Waals surface area contributed by atoms with Gasteiger partial charge in [-0.15, -0.1) is 0 Å². The van der Waals surface area contributed by atoms with Gasteiger partial charge in [0.25, 0.3) is 0 Å². The van der Waals surface area contributed by atoms with Gasteiger partial charge in [-0.2, -0.15) is 10.2 Å². The number of rotatable bonds is 0. The van der Waals surface area contributed by atoms with Crippen LogP contribution in [0.2, 0.25) is 0 Å². The molecule has 0 amide bonds. The Morgan fingerprint density at radius 2 is 2.62 bits per heavy atom. The van der Waals surface area contributed by atoms with Crippen LogP contribution in [0.25, 0.3) is 0 Å². The van der Waals surface area contributed by atoms with E-state index >= 15 is 0 Å². The Hall–Kier alpha value is -0.550. The highest BCUT2D eigenvalue weighted by atomic mass is 79.9. The van der Waals surface area contributed by atoms with Crippen LogP contribution in [-0.4, -0.2) is 11.3 Å². The number of nitrogens with two attached hydrogens (primary N) is 1. The van der Waals surface area contributed by atoms with E-state index < -0.39 is 0 Å². The molecule has 0 aromatic rings. The fourth-order valence-electron chi connectivity index (χ4n) is 0.322. The first-order valence-electron chi connectivity index (χ1n) is 2.00. The Balaban J connectivity index is 2.66. The molecule has 1 heterocycles. The number of halogens is 1. The summed E-state index contributed by atoms with van der Waals surface area (Å²) in [5.74, 6) is 5.27. The molecule has 0 atom stereocenters. The zero-order valence-corrected chi connectivity index (χ0v) is 5.59. The van der Waals surface area contributed by atoms with Gasteiger partial charge in [-0.25, -0.2) is 11.4 Å². The molecule has 0 saturated carbocycles. The topological polar surface area (TPSA) is 53.6 Å². The molecule has 0 fully saturated rings. The first-order valence-corrected chi connectivity index (χ1v) is 2.79. The number of nitrogens with one attached hydrogen (secondary N) is 1. The number of hydrazone groups is 1. The molecule has 0 spiro atoms. The molecule has 0 unspecified atom stereocenters. The maximum atomic E-state index is 5.27. The van der Waals surface area contributed by atoms with Crippen LogP contribution >= 0.6 is 15.9 Å². The standard InChI is InChI=1S/C3H5BrN4/c4-3-1-2-6-7-8(3)5/h1-2,7H,5H2. The molecular formula is C3H5BrN4. The Morgan fingerprint density at radius 3 is 3.00 bits per heavy atom. The molecule has 0 aliphatic carbocycles. The maximum absolute atomic E-state index is 5.27. The maximum Gasteiger partial charge on any atom is 0.121 e. The van der Waals surface area contributed by atoms with Crippen molar-refractivity contribution < 1.29 is 0 Å². The number of hydrazine groups is 2. The molecule has 0 radical (unpaired) electrons. The summed E-state index contributed by atoms with van der Waals surface area (Å²) < 4.78 is 0.757. The minimum atomic E-state index is 0.757. The zero-order chi connectivity index (χ0) is 5.98. The number of hydrogen-bond donors (Lipinski definition) is 2. The molecule has 1 rings (SSSR count). The van der Waals surface area contributed by atoms with Gasteiger partial charge in [-0.05, 0) is 22.0 Å². The fourth-order valence-corrected chi connectivity index (χ4v) is 0.520. The lowest BCUT2D eigenvalue weighted by atomic mass is 10.6. The van der Waals surface area contributed by atoms with Gasteiger partial charge in [0, 0.05) is 0 Å². The van der Waals surface area contributed by atoms with Crippen molar-refractivity contribution in [1.82, 2.24) is 10.7 Å². The molecule has 3 N–H and O–H groups in total. The van der Waals surface area contributed by atoms with E-state index in [0.717, 1.165) is 4.61 Å². The van der Waals surface area contributed by atoms with Crippen molar-refractivity contribution in [1.29, 1.82) is 0 Å². The van der Waals surface area contributed by atoms with Crippen LogP contribution < -0.4 is 11.4 Å². The molecule has 44 valence electrons. The van der Waals surface area contributed by atoms with Gasteiger partial charge in [0.1, 0.15) is 4.61 Å². The Labute approximate surface area is 55.1 Å². The molecule has 1 aliphatic heterocycles. The predicted molar refractivity (Wildman–Crippen MR) is 34.7 cm³/mol. The van der Waals surface area contributed by atoms with Gasteiger partial charge >= 0.3 is 0 Å². The number of allylic oxidation sites excluding steroid dienone is 1. The first kappa shape index (κ1) is 5.58. The third kappa shape index (κ3) is 0.988. The molecule has 0 aromatic carbocycles. The minimum Gasteiger partial charge on any atom is -0.226 e. The number of nitrogens with zero attached hydrogens (tertiary/aromatic N) is 2. The average Bonchev–Trinajstić information content (AvgIpc) is 1.77. The largest absolute Gasteiger partial charge is 0.226 e. The van der Waals surface area contributed by atoms with E-state index in [4.69, 9.17) is 5.84 Å². The van der Waals surface area contributed by atoms with Crippen molar-refractivity contribution >= 4 is 22.1 Å². The summed E-state index contributed by atoms with van der Waals surface area (Å²) in [6.07, 6.45) is 3.34. The lowest BCUT2D eigenvalue weighted by Gasteiger charge is -2.17. The third-order valence-corrected chi connectivity index (χ3v) is 1.33. The Kier molecular flexibility index (Phi) is 1.50. The van der Waals surface area contributed by atoms with Crippen molar-refractivity contribution in [2.75, 3.05) is 0 Å². The molecular weight excluding hydrogens is 172 g/mol. The van der Waals surface area contributed by atoms with Crippen LogP contribution in [-0.2, 0) is 0 Å².